The summed E-state index contributed by atoms with van der Waals surface area (Å²) in [6, 6.07) is 5.87. The fourth-order valence-corrected chi connectivity index (χ4v) is 2.80. The van der Waals surface area contributed by atoms with Gasteiger partial charge in [-0.3, -0.25) is 4.79 Å². The molecule has 2 heterocycles. The van der Waals surface area contributed by atoms with Crippen LogP contribution in [0.1, 0.15) is 31.2 Å². The molecule has 114 valence electrons. The maximum Gasteiger partial charge on any atom is 0.236 e. The van der Waals surface area contributed by atoms with Crippen LogP contribution in [0.15, 0.2) is 18.2 Å². The molecule has 2 aliphatic heterocycles. The predicted molar refractivity (Wildman–Crippen MR) is 79.3 cm³/mol. The first-order valence-electron chi connectivity index (χ1n) is 7.70. The van der Waals surface area contributed by atoms with Crippen molar-refractivity contribution < 1.29 is 14.3 Å². The maximum atomic E-state index is 12.1. The van der Waals surface area contributed by atoms with E-state index in [-0.39, 0.29) is 5.91 Å². The molecule has 1 aromatic rings. The van der Waals surface area contributed by atoms with Gasteiger partial charge in [-0.15, -0.1) is 0 Å². The molecule has 0 saturated carbocycles. The molecule has 0 spiro atoms. The van der Waals surface area contributed by atoms with Crippen molar-refractivity contribution in [2.75, 3.05) is 26.4 Å². The minimum atomic E-state index is 0.206. The third-order valence-electron chi connectivity index (χ3n) is 4.00. The highest BCUT2D eigenvalue weighted by molar-refractivity contribution is 5.78. The van der Waals surface area contributed by atoms with Crippen LogP contribution in [0.4, 0.5) is 0 Å². The van der Waals surface area contributed by atoms with Crippen molar-refractivity contribution in [1.29, 1.82) is 0 Å². The van der Waals surface area contributed by atoms with Crippen LogP contribution in [0, 0.1) is 0 Å². The van der Waals surface area contributed by atoms with E-state index in [0.29, 0.717) is 19.9 Å². The Bertz CT molecular complexity index is 496. The molecule has 5 nitrogen and oxygen atoms in total. The molecule has 0 bridgehead atoms. The first kappa shape index (κ1) is 14.2. The molecule has 1 saturated heterocycles. The highest BCUT2D eigenvalue weighted by Gasteiger charge is 2.16. The van der Waals surface area contributed by atoms with Gasteiger partial charge in [0.25, 0.3) is 0 Å². The quantitative estimate of drug-likeness (QED) is 0.920. The van der Waals surface area contributed by atoms with Crippen molar-refractivity contribution in [2.24, 2.45) is 0 Å². The largest absolute Gasteiger partial charge is 0.454 e. The summed E-state index contributed by atoms with van der Waals surface area (Å²) in [6.45, 7) is 3.17. The van der Waals surface area contributed by atoms with Crippen molar-refractivity contribution in [3.8, 4) is 11.5 Å². The number of likely N-dealkylation sites (tertiary alicyclic amines) is 1. The summed E-state index contributed by atoms with van der Waals surface area (Å²) in [4.78, 5) is 14.1. The van der Waals surface area contributed by atoms with Crippen LogP contribution in [0.2, 0.25) is 0 Å². The van der Waals surface area contributed by atoms with E-state index < -0.39 is 0 Å². The molecule has 21 heavy (non-hydrogen) atoms. The van der Waals surface area contributed by atoms with Crippen molar-refractivity contribution in [1.82, 2.24) is 10.2 Å². The molecule has 1 aromatic carbocycles. The lowest BCUT2D eigenvalue weighted by atomic mass is 10.2. The van der Waals surface area contributed by atoms with E-state index in [9.17, 15) is 4.79 Å². The second kappa shape index (κ2) is 6.80. The first-order chi connectivity index (χ1) is 10.3. The van der Waals surface area contributed by atoms with Gasteiger partial charge >= 0.3 is 0 Å². The Labute approximate surface area is 125 Å². The van der Waals surface area contributed by atoms with E-state index in [1.54, 1.807) is 0 Å². The summed E-state index contributed by atoms with van der Waals surface area (Å²) < 4.78 is 10.6. The van der Waals surface area contributed by atoms with Crippen molar-refractivity contribution >= 4 is 5.91 Å². The number of ether oxygens (including phenoxy) is 2. The summed E-state index contributed by atoms with van der Waals surface area (Å²) >= 11 is 0. The van der Waals surface area contributed by atoms with Gasteiger partial charge in [0.1, 0.15) is 0 Å². The number of carbonyl (C=O) groups excluding carboxylic acids is 1. The van der Waals surface area contributed by atoms with Crippen LogP contribution in [0.25, 0.3) is 0 Å². The average Bonchev–Trinajstić information content (AvgIpc) is 2.79. The zero-order valence-corrected chi connectivity index (χ0v) is 12.3. The summed E-state index contributed by atoms with van der Waals surface area (Å²) in [5.41, 5.74) is 1.10. The number of benzene rings is 1. The number of amides is 1. The van der Waals surface area contributed by atoms with Crippen LogP contribution in [-0.4, -0.2) is 37.2 Å². The van der Waals surface area contributed by atoms with Crippen molar-refractivity contribution in [3.05, 3.63) is 23.8 Å². The Kier molecular flexibility index (Phi) is 4.60. The van der Waals surface area contributed by atoms with Crippen LogP contribution < -0.4 is 14.8 Å². The highest BCUT2D eigenvalue weighted by atomic mass is 16.7. The van der Waals surface area contributed by atoms with Crippen LogP contribution in [0.3, 0.4) is 0 Å². The van der Waals surface area contributed by atoms with E-state index >= 15 is 0 Å². The molecule has 0 atom stereocenters. The topological polar surface area (TPSA) is 50.8 Å². The fraction of sp³-hybridized carbons (Fsp3) is 0.562. The van der Waals surface area contributed by atoms with Gasteiger partial charge < -0.3 is 19.7 Å². The lowest BCUT2D eigenvalue weighted by molar-refractivity contribution is -0.130. The minimum absolute atomic E-state index is 0.206. The number of fused-ring (bicyclic) bond motifs is 1. The van der Waals surface area contributed by atoms with Crippen molar-refractivity contribution in [3.63, 3.8) is 0 Å². The number of carbonyl (C=O) groups is 1. The van der Waals surface area contributed by atoms with Crippen LogP contribution in [-0.2, 0) is 11.3 Å². The molecule has 0 aliphatic carbocycles. The summed E-state index contributed by atoms with van der Waals surface area (Å²) in [7, 11) is 0. The average molecular weight is 290 g/mol. The first-order valence-corrected chi connectivity index (χ1v) is 7.70. The summed E-state index contributed by atoms with van der Waals surface area (Å²) in [5, 5.41) is 3.22. The molecule has 1 fully saturated rings. The van der Waals surface area contributed by atoms with E-state index in [2.05, 4.69) is 5.32 Å². The van der Waals surface area contributed by atoms with E-state index in [4.69, 9.17) is 9.47 Å². The molecule has 1 amide bonds. The number of rotatable bonds is 4. The molecular weight excluding hydrogens is 268 g/mol. The molecule has 0 radical (unpaired) electrons. The molecular formula is C16H22N2O3. The molecule has 0 aromatic heterocycles. The second-order valence-electron chi connectivity index (χ2n) is 5.59. The number of nitrogens with one attached hydrogen (secondary N) is 1. The second-order valence-corrected chi connectivity index (χ2v) is 5.59. The maximum absolute atomic E-state index is 12.1. The summed E-state index contributed by atoms with van der Waals surface area (Å²) in [6.07, 6.45) is 4.75. The Morgan fingerprint density at radius 2 is 1.86 bits per heavy atom. The molecule has 2 aliphatic rings. The van der Waals surface area contributed by atoms with Gasteiger partial charge in [-0.2, -0.15) is 0 Å². The minimum Gasteiger partial charge on any atom is -0.454 e. The van der Waals surface area contributed by atoms with E-state index in [1.807, 2.05) is 23.1 Å². The Morgan fingerprint density at radius 1 is 1.10 bits per heavy atom. The van der Waals surface area contributed by atoms with Crippen LogP contribution in [0.5, 0.6) is 11.5 Å². The number of nitrogens with zero attached hydrogens (tertiary/aromatic N) is 1. The summed E-state index contributed by atoms with van der Waals surface area (Å²) in [5.74, 6) is 1.78. The van der Waals surface area contributed by atoms with Gasteiger partial charge in [-0.25, -0.2) is 0 Å². The zero-order valence-electron chi connectivity index (χ0n) is 12.3. The Hall–Kier alpha value is -1.75. The van der Waals surface area contributed by atoms with E-state index in [1.165, 1.54) is 12.8 Å². The fourth-order valence-electron chi connectivity index (χ4n) is 2.80. The molecule has 5 heteroatoms. The van der Waals surface area contributed by atoms with E-state index in [0.717, 1.165) is 43.0 Å². The standard InChI is InChI=1S/C16H22N2O3/c19-16(18-7-3-1-2-4-8-18)11-17-10-13-5-6-14-15(9-13)21-12-20-14/h5-6,9,17H,1-4,7-8,10-12H2. The lowest BCUT2D eigenvalue weighted by Gasteiger charge is -2.20. The highest BCUT2D eigenvalue weighted by Crippen LogP contribution is 2.32. The molecule has 3 rings (SSSR count). The van der Waals surface area contributed by atoms with Gasteiger partial charge in [0.2, 0.25) is 12.7 Å². The van der Waals surface area contributed by atoms with Gasteiger partial charge in [0, 0.05) is 19.6 Å². The SMILES string of the molecule is O=C(CNCc1ccc2c(c1)OCO2)N1CCCCCC1. The normalized spacial score (nSPS) is 17.6. The van der Waals surface area contributed by atoms with Gasteiger partial charge in [0.05, 0.1) is 6.54 Å². The molecule has 0 unspecified atom stereocenters. The Morgan fingerprint density at radius 3 is 2.67 bits per heavy atom. The Balaban J connectivity index is 1.46. The zero-order chi connectivity index (χ0) is 14.5. The lowest BCUT2D eigenvalue weighted by Crippen LogP contribution is -2.38. The van der Waals surface area contributed by atoms with Gasteiger partial charge in [-0.05, 0) is 30.5 Å². The third kappa shape index (κ3) is 3.67. The third-order valence-corrected chi connectivity index (χ3v) is 4.00. The van der Waals surface area contributed by atoms with Crippen LogP contribution >= 0.6 is 0 Å². The smallest absolute Gasteiger partial charge is 0.236 e. The number of hydrogen-bond donors (Lipinski definition) is 1. The van der Waals surface area contributed by atoms with Crippen molar-refractivity contribution in [2.45, 2.75) is 32.2 Å². The van der Waals surface area contributed by atoms with Gasteiger partial charge in [-0.1, -0.05) is 18.9 Å². The molecule has 1 N–H and O–H groups in total. The monoisotopic (exact) mass is 290 g/mol. The predicted octanol–water partition coefficient (Wildman–Crippen LogP) is 1.91. The number of hydrogen-bond acceptors (Lipinski definition) is 4. The van der Waals surface area contributed by atoms with Gasteiger partial charge in [0.15, 0.2) is 11.5 Å².